The number of aromatic nitrogens is 2. The van der Waals surface area contributed by atoms with E-state index < -0.39 is 11.9 Å². The van der Waals surface area contributed by atoms with Crippen molar-refractivity contribution in [3.63, 3.8) is 0 Å². The summed E-state index contributed by atoms with van der Waals surface area (Å²) in [5, 5.41) is 3.19. The van der Waals surface area contributed by atoms with Crippen LogP contribution in [-0.2, 0) is 6.18 Å². The lowest BCUT2D eigenvalue weighted by molar-refractivity contribution is -0.141. The van der Waals surface area contributed by atoms with Gasteiger partial charge in [0, 0.05) is 11.6 Å². The zero-order valence-electron chi connectivity index (χ0n) is 10.6. The van der Waals surface area contributed by atoms with Crippen molar-refractivity contribution in [3.8, 4) is 0 Å². The Bertz CT molecular complexity index is 403. The van der Waals surface area contributed by atoms with E-state index in [-0.39, 0.29) is 17.5 Å². The number of piperidine rings is 1. The summed E-state index contributed by atoms with van der Waals surface area (Å²) < 4.78 is 38.7. The quantitative estimate of drug-likeness (QED) is 0.859. The molecule has 3 nitrogen and oxygen atoms in total. The summed E-state index contributed by atoms with van der Waals surface area (Å²) >= 11 is 0. The van der Waals surface area contributed by atoms with E-state index in [0.717, 1.165) is 25.9 Å². The van der Waals surface area contributed by atoms with Crippen LogP contribution >= 0.6 is 0 Å². The standard InChI is InChI=1S/C12H18F3N3/c1-7(2)9-10(12(13,14)15)18-11(17-9)8-3-5-16-6-4-8/h7-8,16H,3-6H2,1-2H3,(H,17,18). The van der Waals surface area contributed by atoms with Gasteiger partial charge < -0.3 is 10.3 Å². The molecule has 102 valence electrons. The minimum absolute atomic E-state index is 0.111. The number of halogens is 3. The molecule has 0 radical (unpaired) electrons. The van der Waals surface area contributed by atoms with Crippen molar-refractivity contribution in [3.05, 3.63) is 17.2 Å². The highest BCUT2D eigenvalue weighted by Crippen LogP contribution is 2.35. The molecule has 6 heteroatoms. The van der Waals surface area contributed by atoms with Crippen molar-refractivity contribution in [1.29, 1.82) is 0 Å². The molecular weight excluding hydrogens is 243 g/mol. The molecule has 0 aromatic carbocycles. The predicted molar refractivity (Wildman–Crippen MR) is 62.5 cm³/mol. The van der Waals surface area contributed by atoms with Gasteiger partial charge in [-0.25, -0.2) is 4.98 Å². The van der Waals surface area contributed by atoms with Gasteiger partial charge >= 0.3 is 6.18 Å². The molecule has 0 amide bonds. The second kappa shape index (κ2) is 4.91. The fourth-order valence-electron chi connectivity index (χ4n) is 2.33. The predicted octanol–water partition coefficient (Wildman–Crippen LogP) is 3.02. The van der Waals surface area contributed by atoms with Gasteiger partial charge in [-0.1, -0.05) is 13.8 Å². The van der Waals surface area contributed by atoms with E-state index in [2.05, 4.69) is 15.3 Å². The number of aromatic amines is 1. The Labute approximate surface area is 104 Å². The maximum Gasteiger partial charge on any atom is 0.435 e. The van der Waals surface area contributed by atoms with Gasteiger partial charge in [0.05, 0.1) is 0 Å². The number of hydrogen-bond acceptors (Lipinski definition) is 2. The molecule has 1 aromatic rings. The van der Waals surface area contributed by atoms with Crippen LogP contribution < -0.4 is 5.32 Å². The Morgan fingerprint density at radius 1 is 1.22 bits per heavy atom. The Kier molecular flexibility index (Phi) is 3.66. The number of rotatable bonds is 2. The third-order valence-corrected chi connectivity index (χ3v) is 3.32. The van der Waals surface area contributed by atoms with Crippen LogP contribution in [0.5, 0.6) is 0 Å². The number of nitrogens with one attached hydrogen (secondary N) is 2. The number of imidazole rings is 1. The number of alkyl halides is 3. The Morgan fingerprint density at radius 3 is 2.28 bits per heavy atom. The van der Waals surface area contributed by atoms with E-state index in [9.17, 15) is 13.2 Å². The van der Waals surface area contributed by atoms with Gasteiger partial charge in [-0.3, -0.25) is 0 Å². The zero-order valence-corrected chi connectivity index (χ0v) is 10.6. The van der Waals surface area contributed by atoms with Crippen molar-refractivity contribution >= 4 is 0 Å². The van der Waals surface area contributed by atoms with Crippen molar-refractivity contribution < 1.29 is 13.2 Å². The van der Waals surface area contributed by atoms with Crippen LogP contribution in [0.3, 0.4) is 0 Å². The average molecular weight is 261 g/mol. The van der Waals surface area contributed by atoms with Crippen LogP contribution in [0.1, 0.15) is 55.7 Å². The molecule has 2 heterocycles. The van der Waals surface area contributed by atoms with Crippen LogP contribution in [-0.4, -0.2) is 23.1 Å². The summed E-state index contributed by atoms with van der Waals surface area (Å²) in [6, 6.07) is 0. The first-order chi connectivity index (χ1) is 8.39. The molecule has 0 aliphatic carbocycles. The lowest BCUT2D eigenvalue weighted by Crippen LogP contribution is -2.27. The van der Waals surface area contributed by atoms with Gasteiger partial charge in [-0.15, -0.1) is 0 Å². The molecule has 1 aliphatic rings. The molecule has 1 aliphatic heterocycles. The highest BCUT2D eigenvalue weighted by Gasteiger charge is 2.38. The number of H-pyrrole nitrogens is 1. The van der Waals surface area contributed by atoms with E-state index >= 15 is 0 Å². The van der Waals surface area contributed by atoms with Crippen LogP contribution in [0.4, 0.5) is 13.2 Å². The lowest BCUT2D eigenvalue weighted by Gasteiger charge is -2.20. The van der Waals surface area contributed by atoms with Gasteiger partial charge in [-0.05, 0) is 31.8 Å². The number of hydrogen-bond donors (Lipinski definition) is 2. The summed E-state index contributed by atoms with van der Waals surface area (Å²) in [6.07, 6.45) is -2.70. The zero-order chi connectivity index (χ0) is 13.3. The highest BCUT2D eigenvalue weighted by molar-refractivity contribution is 5.22. The molecular formula is C12H18F3N3. The minimum Gasteiger partial charge on any atom is -0.345 e. The van der Waals surface area contributed by atoms with E-state index in [1.807, 2.05) is 0 Å². The van der Waals surface area contributed by atoms with E-state index in [1.54, 1.807) is 13.8 Å². The summed E-state index contributed by atoms with van der Waals surface area (Å²) in [4.78, 5) is 6.72. The van der Waals surface area contributed by atoms with E-state index in [4.69, 9.17) is 0 Å². The molecule has 0 unspecified atom stereocenters. The molecule has 1 fully saturated rings. The summed E-state index contributed by atoms with van der Waals surface area (Å²) in [6.45, 7) is 5.16. The van der Waals surface area contributed by atoms with Gasteiger partial charge in [0.1, 0.15) is 5.82 Å². The summed E-state index contributed by atoms with van der Waals surface area (Å²) in [7, 11) is 0. The lowest BCUT2D eigenvalue weighted by atomic mass is 9.97. The fraction of sp³-hybridized carbons (Fsp3) is 0.750. The highest BCUT2D eigenvalue weighted by atomic mass is 19.4. The first kappa shape index (κ1) is 13.4. The molecule has 18 heavy (non-hydrogen) atoms. The molecule has 2 N–H and O–H groups in total. The van der Waals surface area contributed by atoms with E-state index in [1.165, 1.54) is 0 Å². The van der Waals surface area contributed by atoms with Crippen LogP contribution in [0.2, 0.25) is 0 Å². The van der Waals surface area contributed by atoms with Crippen LogP contribution in [0, 0.1) is 0 Å². The van der Waals surface area contributed by atoms with Gasteiger partial charge in [0.15, 0.2) is 5.69 Å². The van der Waals surface area contributed by atoms with E-state index in [0.29, 0.717) is 5.82 Å². The second-order valence-electron chi connectivity index (χ2n) is 5.06. The molecule has 0 bridgehead atoms. The van der Waals surface area contributed by atoms with Crippen molar-refractivity contribution in [2.24, 2.45) is 0 Å². The molecule has 1 saturated heterocycles. The Balaban J connectivity index is 2.32. The molecule has 1 aromatic heterocycles. The average Bonchev–Trinajstić information content (AvgIpc) is 2.74. The maximum atomic E-state index is 12.9. The van der Waals surface area contributed by atoms with Gasteiger partial charge in [0.25, 0.3) is 0 Å². The third kappa shape index (κ3) is 2.68. The SMILES string of the molecule is CC(C)c1[nH]c(C2CCNCC2)nc1C(F)(F)F. The Hall–Kier alpha value is -1.04. The van der Waals surface area contributed by atoms with Gasteiger partial charge in [-0.2, -0.15) is 13.2 Å². The molecule has 0 atom stereocenters. The smallest absolute Gasteiger partial charge is 0.345 e. The number of nitrogens with zero attached hydrogens (tertiary/aromatic N) is 1. The largest absolute Gasteiger partial charge is 0.435 e. The fourth-order valence-corrected chi connectivity index (χ4v) is 2.33. The minimum atomic E-state index is -4.37. The Morgan fingerprint density at radius 2 is 1.83 bits per heavy atom. The van der Waals surface area contributed by atoms with Crippen LogP contribution in [0.15, 0.2) is 0 Å². The van der Waals surface area contributed by atoms with Crippen molar-refractivity contribution in [2.45, 2.75) is 44.7 Å². The van der Waals surface area contributed by atoms with Crippen molar-refractivity contribution in [1.82, 2.24) is 15.3 Å². The second-order valence-corrected chi connectivity index (χ2v) is 5.06. The summed E-state index contributed by atoms with van der Waals surface area (Å²) in [5.41, 5.74) is -0.540. The third-order valence-electron chi connectivity index (χ3n) is 3.32. The first-order valence-electron chi connectivity index (χ1n) is 6.27. The maximum absolute atomic E-state index is 12.9. The van der Waals surface area contributed by atoms with Gasteiger partial charge in [0.2, 0.25) is 0 Å². The van der Waals surface area contributed by atoms with Crippen molar-refractivity contribution in [2.75, 3.05) is 13.1 Å². The monoisotopic (exact) mass is 261 g/mol. The topological polar surface area (TPSA) is 40.7 Å². The molecule has 0 saturated carbocycles. The first-order valence-corrected chi connectivity index (χ1v) is 6.27. The molecule has 2 rings (SSSR count). The normalized spacial score (nSPS) is 18.6. The summed E-state index contributed by atoms with van der Waals surface area (Å²) in [5.74, 6) is 0.400. The van der Waals surface area contributed by atoms with Crippen LogP contribution in [0.25, 0.3) is 0 Å². The molecule has 0 spiro atoms.